The van der Waals surface area contributed by atoms with Crippen molar-refractivity contribution in [1.82, 2.24) is 19.5 Å². The second-order valence-corrected chi connectivity index (χ2v) is 6.96. The molecule has 3 heterocycles. The quantitative estimate of drug-likeness (QED) is 0.692. The Morgan fingerprint density at radius 3 is 2.78 bits per heavy atom. The number of benzene rings is 1. The van der Waals surface area contributed by atoms with E-state index in [2.05, 4.69) is 26.8 Å². The number of aromatic nitrogens is 3. The summed E-state index contributed by atoms with van der Waals surface area (Å²) in [6.45, 7) is 6.51. The van der Waals surface area contributed by atoms with Crippen molar-refractivity contribution < 1.29 is 9.13 Å². The Labute approximate surface area is 158 Å². The molecule has 1 aliphatic rings. The summed E-state index contributed by atoms with van der Waals surface area (Å²) in [5.74, 6) is 0.618. The molecular formula is C20H24FN5O. The number of fused-ring (bicyclic) bond motifs is 1. The molecule has 142 valence electrons. The molecule has 0 amide bonds. The van der Waals surface area contributed by atoms with Crippen LogP contribution >= 0.6 is 0 Å². The van der Waals surface area contributed by atoms with Crippen molar-refractivity contribution in [2.75, 3.05) is 44.8 Å². The minimum atomic E-state index is -0.274. The predicted octanol–water partition coefficient (Wildman–Crippen LogP) is 2.69. The van der Waals surface area contributed by atoms with Crippen LogP contribution < -0.4 is 4.90 Å². The van der Waals surface area contributed by atoms with E-state index < -0.39 is 0 Å². The lowest BCUT2D eigenvalue weighted by Gasteiger charge is -2.35. The van der Waals surface area contributed by atoms with Gasteiger partial charge in [-0.3, -0.25) is 4.90 Å². The van der Waals surface area contributed by atoms with Crippen molar-refractivity contribution in [2.45, 2.75) is 13.0 Å². The third kappa shape index (κ3) is 3.65. The maximum absolute atomic E-state index is 14.3. The average molecular weight is 369 g/mol. The molecule has 6 nitrogen and oxygen atoms in total. The molecule has 0 spiro atoms. The highest BCUT2D eigenvalue weighted by Gasteiger charge is 2.20. The summed E-state index contributed by atoms with van der Waals surface area (Å²) in [6, 6.07) is 10.8. The first-order chi connectivity index (χ1) is 13.1. The van der Waals surface area contributed by atoms with E-state index >= 15 is 0 Å². The number of hydrogen-bond acceptors (Lipinski definition) is 5. The van der Waals surface area contributed by atoms with Crippen molar-refractivity contribution in [3.63, 3.8) is 0 Å². The molecule has 2 aromatic heterocycles. The number of hydrogen-bond donors (Lipinski definition) is 0. The topological polar surface area (TPSA) is 45.9 Å². The van der Waals surface area contributed by atoms with Crippen LogP contribution in [0.4, 0.5) is 10.2 Å². The second-order valence-electron chi connectivity index (χ2n) is 6.96. The predicted molar refractivity (Wildman–Crippen MR) is 104 cm³/mol. The van der Waals surface area contributed by atoms with Crippen LogP contribution in [-0.2, 0) is 4.74 Å². The molecule has 27 heavy (non-hydrogen) atoms. The standard InChI is InChI=1S/C20H24FN5O/c1-15(25-9-11-27-12-10-25)14-24(2)20-13-18(16-5-3-4-6-17(16)21)23-19-7-8-22-26(19)20/h3-8,13,15H,9-12,14H2,1-2H3/t15-/m0/s1. The van der Waals surface area contributed by atoms with E-state index in [4.69, 9.17) is 4.74 Å². The molecule has 1 aliphatic heterocycles. The molecule has 0 unspecified atom stereocenters. The van der Waals surface area contributed by atoms with Crippen LogP contribution in [0, 0.1) is 5.82 Å². The van der Waals surface area contributed by atoms with Gasteiger partial charge in [-0.25, -0.2) is 9.37 Å². The number of ether oxygens (including phenoxy) is 1. The van der Waals surface area contributed by atoms with E-state index in [0.29, 0.717) is 22.9 Å². The summed E-state index contributed by atoms with van der Waals surface area (Å²) < 4.78 is 21.5. The molecule has 0 aliphatic carbocycles. The molecule has 1 aromatic carbocycles. The molecule has 3 aromatic rings. The molecular weight excluding hydrogens is 345 g/mol. The highest BCUT2D eigenvalue weighted by Crippen LogP contribution is 2.26. The van der Waals surface area contributed by atoms with Gasteiger partial charge >= 0.3 is 0 Å². The van der Waals surface area contributed by atoms with Gasteiger partial charge < -0.3 is 9.64 Å². The van der Waals surface area contributed by atoms with E-state index in [1.54, 1.807) is 22.8 Å². The van der Waals surface area contributed by atoms with Gasteiger partial charge in [0.1, 0.15) is 11.6 Å². The van der Waals surface area contributed by atoms with Gasteiger partial charge in [-0.2, -0.15) is 9.61 Å². The fraction of sp³-hybridized carbons (Fsp3) is 0.400. The molecule has 7 heteroatoms. The van der Waals surface area contributed by atoms with Crippen LogP contribution in [0.25, 0.3) is 16.9 Å². The van der Waals surface area contributed by atoms with Gasteiger partial charge in [-0.15, -0.1) is 0 Å². The number of nitrogens with zero attached hydrogens (tertiary/aromatic N) is 5. The van der Waals surface area contributed by atoms with Gasteiger partial charge in [-0.1, -0.05) is 12.1 Å². The normalized spacial score (nSPS) is 16.6. The van der Waals surface area contributed by atoms with Crippen LogP contribution in [0.3, 0.4) is 0 Å². The zero-order chi connectivity index (χ0) is 18.8. The first-order valence-electron chi connectivity index (χ1n) is 9.26. The summed E-state index contributed by atoms with van der Waals surface area (Å²) in [7, 11) is 2.04. The number of anilines is 1. The van der Waals surface area contributed by atoms with E-state index in [-0.39, 0.29) is 5.82 Å². The number of morpholine rings is 1. The SMILES string of the molecule is C[C@@H](CN(C)c1cc(-c2ccccc2F)nc2ccnn12)N1CCOCC1. The van der Waals surface area contributed by atoms with E-state index in [9.17, 15) is 4.39 Å². The highest BCUT2D eigenvalue weighted by atomic mass is 19.1. The van der Waals surface area contributed by atoms with Crippen LogP contribution in [-0.4, -0.2) is 65.4 Å². The lowest BCUT2D eigenvalue weighted by molar-refractivity contribution is 0.0217. The monoisotopic (exact) mass is 369 g/mol. The first kappa shape index (κ1) is 17.9. The number of rotatable bonds is 5. The van der Waals surface area contributed by atoms with Crippen LogP contribution in [0.2, 0.25) is 0 Å². The third-order valence-electron chi connectivity index (χ3n) is 5.09. The molecule has 1 fully saturated rings. The van der Waals surface area contributed by atoms with Crippen molar-refractivity contribution in [3.8, 4) is 11.3 Å². The Kier molecular flexibility index (Phi) is 5.05. The lowest BCUT2D eigenvalue weighted by Crippen LogP contribution is -2.47. The lowest BCUT2D eigenvalue weighted by atomic mass is 10.1. The summed E-state index contributed by atoms with van der Waals surface area (Å²) in [6.07, 6.45) is 1.72. The fourth-order valence-corrected chi connectivity index (χ4v) is 3.60. The summed E-state index contributed by atoms with van der Waals surface area (Å²) >= 11 is 0. The van der Waals surface area contributed by atoms with Crippen LogP contribution in [0.15, 0.2) is 42.6 Å². The summed E-state index contributed by atoms with van der Waals surface area (Å²) in [5.41, 5.74) is 1.82. The average Bonchev–Trinajstić information content (AvgIpc) is 3.16. The third-order valence-corrected chi connectivity index (χ3v) is 5.09. The molecule has 0 radical (unpaired) electrons. The van der Waals surface area contributed by atoms with Crippen LogP contribution in [0.5, 0.6) is 0 Å². The first-order valence-corrected chi connectivity index (χ1v) is 9.26. The van der Waals surface area contributed by atoms with Crippen molar-refractivity contribution in [1.29, 1.82) is 0 Å². The summed E-state index contributed by atoms with van der Waals surface area (Å²) in [4.78, 5) is 9.17. The van der Waals surface area contributed by atoms with Crippen molar-refractivity contribution in [2.24, 2.45) is 0 Å². The Bertz CT molecular complexity index is 922. The fourth-order valence-electron chi connectivity index (χ4n) is 3.60. The van der Waals surface area contributed by atoms with Gasteiger partial charge in [0.15, 0.2) is 5.65 Å². The van der Waals surface area contributed by atoms with E-state index in [0.717, 1.165) is 38.7 Å². The van der Waals surface area contributed by atoms with Crippen LogP contribution in [0.1, 0.15) is 6.92 Å². The molecule has 0 N–H and O–H groups in total. The Morgan fingerprint density at radius 2 is 2.00 bits per heavy atom. The Hall–Kier alpha value is -2.51. The van der Waals surface area contributed by atoms with Gasteiger partial charge in [-0.05, 0) is 19.1 Å². The van der Waals surface area contributed by atoms with E-state index in [1.807, 2.05) is 25.2 Å². The minimum absolute atomic E-state index is 0.274. The Morgan fingerprint density at radius 1 is 1.22 bits per heavy atom. The van der Waals surface area contributed by atoms with Gasteiger partial charge in [0, 0.05) is 50.4 Å². The maximum atomic E-state index is 14.3. The van der Waals surface area contributed by atoms with Gasteiger partial charge in [0.25, 0.3) is 0 Å². The minimum Gasteiger partial charge on any atom is -0.379 e. The highest BCUT2D eigenvalue weighted by molar-refractivity contribution is 5.67. The number of likely N-dealkylation sites (N-methyl/N-ethyl adjacent to an activating group) is 1. The molecule has 1 atom stereocenters. The van der Waals surface area contributed by atoms with Crippen molar-refractivity contribution >= 4 is 11.5 Å². The molecule has 0 bridgehead atoms. The zero-order valence-corrected chi connectivity index (χ0v) is 15.7. The smallest absolute Gasteiger partial charge is 0.157 e. The largest absolute Gasteiger partial charge is 0.379 e. The Balaban J connectivity index is 1.66. The second kappa shape index (κ2) is 7.62. The molecule has 1 saturated heterocycles. The van der Waals surface area contributed by atoms with Crippen molar-refractivity contribution in [3.05, 3.63) is 48.4 Å². The summed E-state index contributed by atoms with van der Waals surface area (Å²) in [5, 5.41) is 4.40. The van der Waals surface area contributed by atoms with Gasteiger partial charge in [0.2, 0.25) is 0 Å². The zero-order valence-electron chi connectivity index (χ0n) is 15.7. The van der Waals surface area contributed by atoms with E-state index in [1.165, 1.54) is 6.07 Å². The number of halogens is 1. The maximum Gasteiger partial charge on any atom is 0.157 e. The molecule has 0 saturated carbocycles. The molecule has 4 rings (SSSR count). The van der Waals surface area contributed by atoms with Gasteiger partial charge in [0.05, 0.1) is 25.1 Å².